The zero-order valence-electron chi connectivity index (χ0n) is 12.1. The van der Waals surface area contributed by atoms with Crippen molar-refractivity contribution in [3.63, 3.8) is 0 Å². The van der Waals surface area contributed by atoms with E-state index in [0.717, 1.165) is 31.0 Å². The Bertz CT molecular complexity index is 406. The van der Waals surface area contributed by atoms with Crippen molar-refractivity contribution in [1.82, 2.24) is 10.3 Å². The molecule has 0 saturated heterocycles. The molecular formula is C15H23N3O. The Morgan fingerprint density at radius 2 is 2.21 bits per heavy atom. The maximum Gasteiger partial charge on any atom is 0.137 e. The molecule has 0 spiro atoms. The van der Waals surface area contributed by atoms with Gasteiger partial charge in [-0.05, 0) is 45.4 Å². The monoisotopic (exact) mass is 261 g/mol. The first kappa shape index (κ1) is 15.5. The molecule has 19 heavy (non-hydrogen) atoms. The SMILES string of the molecule is CCCNCc1ccc(OCCC(C)(C)C#N)cn1. The number of hydrogen-bond acceptors (Lipinski definition) is 4. The van der Waals surface area contributed by atoms with Gasteiger partial charge in [0.1, 0.15) is 5.75 Å². The summed E-state index contributed by atoms with van der Waals surface area (Å²) in [6, 6.07) is 6.15. The van der Waals surface area contributed by atoms with Gasteiger partial charge < -0.3 is 10.1 Å². The van der Waals surface area contributed by atoms with Gasteiger partial charge in [0, 0.05) is 6.54 Å². The normalized spacial score (nSPS) is 11.1. The van der Waals surface area contributed by atoms with Crippen molar-refractivity contribution in [1.29, 1.82) is 5.26 Å². The summed E-state index contributed by atoms with van der Waals surface area (Å²) in [6.07, 6.45) is 3.57. The van der Waals surface area contributed by atoms with E-state index >= 15 is 0 Å². The average Bonchev–Trinajstić information content (AvgIpc) is 2.41. The molecule has 4 nitrogen and oxygen atoms in total. The lowest BCUT2D eigenvalue weighted by molar-refractivity contribution is 0.263. The predicted octanol–water partition coefficient (Wildman–Crippen LogP) is 2.90. The summed E-state index contributed by atoms with van der Waals surface area (Å²) in [4.78, 5) is 4.33. The van der Waals surface area contributed by atoms with Gasteiger partial charge >= 0.3 is 0 Å². The number of nitriles is 1. The number of rotatable bonds is 8. The third kappa shape index (κ3) is 6.21. The van der Waals surface area contributed by atoms with E-state index < -0.39 is 0 Å². The van der Waals surface area contributed by atoms with E-state index in [2.05, 4.69) is 23.3 Å². The molecule has 1 aromatic heterocycles. The van der Waals surface area contributed by atoms with Crippen LogP contribution in [0.4, 0.5) is 0 Å². The molecule has 104 valence electrons. The highest BCUT2D eigenvalue weighted by Crippen LogP contribution is 2.19. The van der Waals surface area contributed by atoms with E-state index in [1.54, 1.807) is 6.20 Å². The topological polar surface area (TPSA) is 57.9 Å². The Balaban J connectivity index is 2.34. The highest BCUT2D eigenvalue weighted by atomic mass is 16.5. The maximum absolute atomic E-state index is 8.91. The summed E-state index contributed by atoms with van der Waals surface area (Å²) in [5, 5.41) is 12.2. The van der Waals surface area contributed by atoms with Crippen molar-refractivity contribution in [2.24, 2.45) is 5.41 Å². The molecule has 0 fully saturated rings. The van der Waals surface area contributed by atoms with E-state index in [0.29, 0.717) is 13.0 Å². The van der Waals surface area contributed by atoms with Crippen LogP contribution < -0.4 is 10.1 Å². The Labute approximate surface area is 115 Å². The van der Waals surface area contributed by atoms with Gasteiger partial charge in [0.15, 0.2) is 0 Å². The molecule has 0 atom stereocenters. The summed E-state index contributed by atoms with van der Waals surface area (Å²) in [7, 11) is 0. The van der Waals surface area contributed by atoms with Gasteiger partial charge in [-0.3, -0.25) is 4.98 Å². The van der Waals surface area contributed by atoms with Crippen LogP contribution in [0.5, 0.6) is 5.75 Å². The Hall–Kier alpha value is -1.60. The van der Waals surface area contributed by atoms with E-state index in [4.69, 9.17) is 10.00 Å². The minimum atomic E-state index is -0.336. The Morgan fingerprint density at radius 3 is 2.79 bits per heavy atom. The zero-order valence-corrected chi connectivity index (χ0v) is 12.1. The van der Waals surface area contributed by atoms with Gasteiger partial charge in [0.05, 0.1) is 30.0 Å². The third-order valence-electron chi connectivity index (χ3n) is 2.83. The fourth-order valence-corrected chi connectivity index (χ4v) is 1.47. The molecule has 1 N–H and O–H groups in total. The summed E-state index contributed by atoms with van der Waals surface area (Å²) < 4.78 is 5.59. The zero-order chi connectivity index (χ0) is 14.1. The van der Waals surface area contributed by atoms with Crippen molar-refractivity contribution in [2.45, 2.75) is 40.2 Å². The van der Waals surface area contributed by atoms with Gasteiger partial charge in [0.2, 0.25) is 0 Å². The van der Waals surface area contributed by atoms with Crippen LogP contribution in [0.15, 0.2) is 18.3 Å². The molecule has 0 aliphatic heterocycles. The highest BCUT2D eigenvalue weighted by molar-refractivity contribution is 5.19. The van der Waals surface area contributed by atoms with Crippen LogP contribution in [-0.4, -0.2) is 18.1 Å². The van der Waals surface area contributed by atoms with Crippen LogP contribution in [0, 0.1) is 16.7 Å². The smallest absolute Gasteiger partial charge is 0.137 e. The first-order chi connectivity index (χ1) is 9.07. The van der Waals surface area contributed by atoms with Crippen molar-refractivity contribution in [3.05, 3.63) is 24.0 Å². The molecule has 0 aliphatic carbocycles. The van der Waals surface area contributed by atoms with E-state index in [9.17, 15) is 0 Å². The minimum absolute atomic E-state index is 0.336. The van der Waals surface area contributed by atoms with Gasteiger partial charge in [-0.25, -0.2) is 0 Å². The second kappa shape index (κ2) is 7.75. The number of ether oxygens (including phenoxy) is 1. The molecule has 4 heteroatoms. The largest absolute Gasteiger partial charge is 0.492 e. The first-order valence-electron chi connectivity index (χ1n) is 6.77. The fraction of sp³-hybridized carbons (Fsp3) is 0.600. The van der Waals surface area contributed by atoms with E-state index in [-0.39, 0.29) is 5.41 Å². The molecule has 0 unspecified atom stereocenters. The van der Waals surface area contributed by atoms with Gasteiger partial charge in [-0.1, -0.05) is 6.92 Å². The summed E-state index contributed by atoms with van der Waals surface area (Å²) >= 11 is 0. The lowest BCUT2D eigenvalue weighted by atomic mass is 9.92. The minimum Gasteiger partial charge on any atom is -0.492 e. The van der Waals surface area contributed by atoms with Crippen LogP contribution in [-0.2, 0) is 6.54 Å². The fourth-order valence-electron chi connectivity index (χ4n) is 1.47. The summed E-state index contributed by atoms with van der Waals surface area (Å²) in [5.41, 5.74) is 0.676. The van der Waals surface area contributed by atoms with Crippen molar-refractivity contribution in [2.75, 3.05) is 13.2 Å². The average molecular weight is 261 g/mol. The Kier molecular flexibility index (Phi) is 6.31. The van der Waals surface area contributed by atoms with Gasteiger partial charge in [-0.2, -0.15) is 5.26 Å². The third-order valence-corrected chi connectivity index (χ3v) is 2.83. The van der Waals surface area contributed by atoms with Crippen LogP contribution >= 0.6 is 0 Å². The molecule has 0 aliphatic rings. The number of nitrogens with one attached hydrogen (secondary N) is 1. The lowest BCUT2D eigenvalue weighted by Crippen LogP contribution is -2.15. The van der Waals surface area contributed by atoms with Gasteiger partial charge in [0.25, 0.3) is 0 Å². The lowest BCUT2D eigenvalue weighted by Gasteiger charge is -2.15. The number of pyridine rings is 1. The van der Waals surface area contributed by atoms with Gasteiger partial charge in [-0.15, -0.1) is 0 Å². The van der Waals surface area contributed by atoms with E-state index in [1.807, 2.05) is 26.0 Å². The molecule has 1 rings (SSSR count). The molecule has 0 saturated carbocycles. The number of aromatic nitrogens is 1. The van der Waals surface area contributed by atoms with Crippen molar-refractivity contribution < 1.29 is 4.74 Å². The summed E-state index contributed by atoms with van der Waals surface area (Å²) in [6.45, 7) is 8.29. The molecule has 0 bridgehead atoms. The standard InChI is InChI=1S/C15H23N3O/c1-4-8-17-10-13-5-6-14(11-18-13)19-9-7-15(2,3)12-16/h5-6,11,17H,4,7-10H2,1-3H3. The Morgan fingerprint density at radius 1 is 1.42 bits per heavy atom. The molecule has 0 radical (unpaired) electrons. The first-order valence-corrected chi connectivity index (χ1v) is 6.77. The molecular weight excluding hydrogens is 238 g/mol. The molecule has 1 heterocycles. The summed E-state index contributed by atoms with van der Waals surface area (Å²) in [5.74, 6) is 0.757. The second-order valence-electron chi connectivity index (χ2n) is 5.26. The van der Waals surface area contributed by atoms with Crippen molar-refractivity contribution in [3.8, 4) is 11.8 Å². The molecule has 0 amide bonds. The van der Waals surface area contributed by atoms with E-state index in [1.165, 1.54) is 0 Å². The molecule has 1 aromatic rings. The van der Waals surface area contributed by atoms with Crippen LogP contribution in [0.1, 0.15) is 39.3 Å². The maximum atomic E-state index is 8.91. The quantitative estimate of drug-likeness (QED) is 0.731. The highest BCUT2D eigenvalue weighted by Gasteiger charge is 2.16. The van der Waals surface area contributed by atoms with Crippen molar-refractivity contribution >= 4 is 0 Å². The van der Waals surface area contributed by atoms with Crippen LogP contribution in [0.2, 0.25) is 0 Å². The number of nitrogens with zero attached hydrogens (tertiary/aromatic N) is 2. The molecule has 0 aromatic carbocycles. The predicted molar refractivity (Wildman–Crippen MR) is 75.7 cm³/mol. The second-order valence-corrected chi connectivity index (χ2v) is 5.26. The van der Waals surface area contributed by atoms with Crippen LogP contribution in [0.3, 0.4) is 0 Å². The van der Waals surface area contributed by atoms with Crippen LogP contribution in [0.25, 0.3) is 0 Å². The number of hydrogen-bond donors (Lipinski definition) is 1.